The molecule has 2 aromatic heterocycles. The third-order valence-corrected chi connectivity index (χ3v) is 5.39. The smallest absolute Gasteiger partial charge is 0.302 e. The summed E-state index contributed by atoms with van der Waals surface area (Å²) in [6.07, 6.45) is -2.45. The normalized spacial score (nSPS) is 11.9. The van der Waals surface area contributed by atoms with E-state index in [1.54, 1.807) is 38.4 Å². The molecule has 0 bridgehead atoms. The monoisotopic (exact) mass is 428 g/mol. The molecule has 2 aromatic rings. The van der Waals surface area contributed by atoms with Crippen LogP contribution in [-0.2, 0) is 16.4 Å². The van der Waals surface area contributed by atoms with Crippen molar-refractivity contribution in [1.82, 2.24) is 9.97 Å². The second-order valence-electron chi connectivity index (χ2n) is 6.93. The van der Waals surface area contributed by atoms with Crippen molar-refractivity contribution >= 4 is 34.1 Å². The molecule has 0 aliphatic carbocycles. The molecule has 150 valence electrons. The highest BCUT2D eigenvalue weighted by atomic mass is 32.2. The fourth-order valence-electron chi connectivity index (χ4n) is 2.21. The van der Waals surface area contributed by atoms with Gasteiger partial charge < -0.3 is 5.32 Å². The number of rotatable bonds is 6. The summed E-state index contributed by atoms with van der Waals surface area (Å²) in [4.78, 5) is 20.1. The molecule has 0 aromatic carbocycles. The molecule has 5 nitrogen and oxygen atoms in total. The molecule has 0 saturated heterocycles. The van der Waals surface area contributed by atoms with Gasteiger partial charge in [0.15, 0.2) is 5.13 Å². The summed E-state index contributed by atoms with van der Waals surface area (Å²) in [7, 11) is 0. The molecule has 10 heteroatoms. The zero-order valence-corrected chi connectivity index (χ0v) is 17.2. The van der Waals surface area contributed by atoms with Crippen molar-refractivity contribution in [3.8, 4) is 6.07 Å². The van der Waals surface area contributed by atoms with Gasteiger partial charge in [0.05, 0.1) is 11.1 Å². The van der Waals surface area contributed by atoms with E-state index in [4.69, 9.17) is 0 Å². The predicted octanol–water partition coefficient (Wildman–Crippen LogP) is 5.24. The molecule has 0 atom stereocenters. The van der Waals surface area contributed by atoms with Gasteiger partial charge in [-0.05, 0) is 12.5 Å². The Labute approximate surface area is 169 Å². The minimum absolute atomic E-state index is 0.0441. The first-order valence-electron chi connectivity index (χ1n) is 8.37. The second-order valence-corrected chi connectivity index (χ2v) is 8.91. The van der Waals surface area contributed by atoms with Gasteiger partial charge >= 0.3 is 6.18 Å². The molecular weight excluding hydrogens is 409 g/mol. The molecule has 0 unspecified atom stereocenters. The summed E-state index contributed by atoms with van der Waals surface area (Å²) in [5.41, 5.74) is -1.78. The first-order valence-corrected chi connectivity index (χ1v) is 10.2. The molecule has 0 radical (unpaired) electrons. The fraction of sp³-hybridized carbons (Fsp3) is 0.444. The number of carbonyl (C=O) groups excluding carboxylic acids is 1. The number of alkyl halides is 3. The molecule has 1 N–H and O–H groups in total. The number of pyridine rings is 1. The van der Waals surface area contributed by atoms with Crippen LogP contribution in [0.4, 0.5) is 18.3 Å². The van der Waals surface area contributed by atoms with Gasteiger partial charge in [0.2, 0.25) is 5.91 Å². The molecule has 2 rings (SSSR count). The highest BCUT2D eigenvalue weighted by molar-refractivity contribution is 7.99. The van der Waals surface area contributed by atoms with Crippen molar-refractivity contribution in [3.63, 3.8) is 0 Å². The number of hydrogen-bond donors (Lipinski definition) is 1. The Morgan fingerprint density at radius 1 is 1.36 bits per heavy atom. The van der Waals surface area contributed by atoms with Gasteiger partial charge in [-0.25, -0.2) is 9.97 Å². The zero-order chi connectivity index (χ0) is 20.9. The molecule has 0 aliphatic rings. The number of anilines is 1. The Morgan fingerprint density at radius 3 is 2.61 bits per heavy atom. The number of nitrogens with zero attached hydrogens (tertiary/aromatic N) is 3. The predicted molar refractivity (Wildman–Crippen MR) is 103 cm³/mol. The van der Waals surface area contributed by atoms with E-state index in [0.717, 1.165) is 17.8 Å². The molecule has 28 heavy (non-hydrogen) atoms. The average Bonchev–Trinajstić information content (AvgIpc) is 3.09. The summed E-state index contributed by atoms with van der Waals surface area (Å²) in [5, 5.41) is 14.2. The van der Waals surface area contributed by atoms with Crippen LogP contribution in [0.1, 0.15) is 50.4 Å². The van der Waals surface area contributed by atoms with Crippen LogP contribution in [0.2, 0.25) is 0 Å². The molecule has 0 spiro atoms. The van der Waals surface area contributed by atoms with E-state index in [1.807, 2.05) is 0 Å². The second kappa shape index (κ2) is 8.92. The van der Waals surface area contributed by atoms with Crippen LogP contribution in [0.3, 0.4) is 0 Å². The third-order valence-electron chi connectivity index (χ3n) is 3.64. The van der Waals surface area contributed by atoms with Crippen molar-refractivity contribution in [1.29, 1.82) is 5.26 Å². The number of carbonyl (C=O) groups is 1. The van der Waals surface area contributed by atoms with Gasteiger partial charge in [0, 0.05) is 34.9 Å². The number of hydrogen-bond acceptors (Lipinski definition) is 6. The van der Waals surface area contributed by atoms with E-state index in [0.29, 0.717) is 17.3 Å². The van der Waals surface area contributed by atoms with Gasteiger partial charge in [-0.2, -0.15) is 18.4 Å². The number of nitriles is 1. The van der Waals surface area contributed by atoms with E-state index >= 15 is 0 Å². The highest BCUT2D eigenvalue weighted by Crippen LogP contribution is 2.38. The summed E-state index contributed by atoms with van der Waals surface area (Å²) >= 11 is 2.35. The maximum atomic E-state index is 13.4. The molecule has 2 heterocycles. The summed E-state index contributed by atoms with van der Waals surface area (Å²) in [6.45, 7) is 5.29. The average molecular weight is 429 g/mol. The maximum absolute atomic E-state index is 13.4. The van der Waals surface area contributed by atoms with Crippen molar-refractivity contribution in [2.45, 2.75) is 50.2 Å². The maximum Gasteiger partial charge on any atom is 0.417 e. The van der Waals surface area contributed by atoms with Crippen LogP contribution in [0, 0.1) is 11.3 Å². The van der Waals surface area contributed by atoms with E-state index in [9.17, 15) is 23.2 Å². The summed E-state index contributed by atoms with van der Waals surface area (Å²) in [5.74, 6) is 0.140. The van der Waals surface area contributed by atoms with Crippen molar-refractivity contribution in [2.75, 3.05) is 11.1 Å². The van der Waals surface area contributed by atoms with E-state index < -0.39 is 22.7 Å². The Morgan fingerprint density at radius 2 is 2.07 bits per heavy atom. The number of amides is 1. The lowest BCUT2D eigenvalue weighted by Gasteiger charge is -2.21. The summed E-state index contributed by atoms with van der Waals surface area (Å²) in [6, 6.07) is 2.59. The lowest BCUT2D eigenvalue weighted by molar-refractivity contribution is -0.138. The Balaban J connectivity index is 2.11. The minimum Gasteiger partial charge on any atom is -0.302 e. The highest BCUT2D eigenvalue weighted by Gasteiger charge is 2.37. The lowest BCUT2D eigenvalue weighted by Crippen LogP contribution is -2.18. The Bertz CT molecular complexity index is 869. The number of thiazole rings is 1. The number of nitrogens with one attached hydrogen (secondary N) is 1. The van der Waals surface area contributed by atoms with Gasteiger partial charge in [-0.3, -0.25) is 4.79 Å². The van der Waals surface area contributed by atoms with Crippen LogP contribution < -0.4 is 5.32 Å². The molecular formula is C18H19F3N4OS2. The van der Waals surface area contributed by atoms with Crippen molar-refractivity contribution in [2.24, 2.45) is 0 Å². The first kappa shape index (κ1) is 22.2. The van der Waals surface area contributed by atoms with Gasteiger partial charge in [-0.15, -0.1) is 23.1 Å². The standard InChI is InChI=1S/C18H19F3N4OS2/c1-17(2,3)13-9-12(18(19,20)21)11(10-22)15(24-13)27-7-4-5-14(26)25-16-23-6-8-28-16/h6,8-9H,4-5,7H2,1-3H3,(H,23,25,26). The third kappa shape index (κ3) is 5.94. The van der Waals surface area contributed by atoms with Gasteiger partial charge in [0.25, 0.3) is 0 Å². The van der Waals surface area contributed by atoms with Crippen LogP contribution in [0.5, 0.6) is 0 Å². The number of thioether (sulfide) groups is 1. The molecule has 0 saturated carbocycles. The minimum atomic E-state index is -4.64. The topological polar surface area (TPSA) is 78.7 Å². The van der Waals surface area contributed by atoms with Crippen molar-refractivity contribution < 1.29 is 18.0 Å². The largest absolute Gasteiger partial charge is 0.417 e. The van der Waals surface area contributed by atoms with E-state index in [2.05, 4.69) is 15.3 Å². The molecule has 0 aliphatic heterocycles. The van der Waals surface area contributed by atoms with E-state index in [-0.39, 0.29) is 23.0 Å². The first-order chi connectivity index (χ1) is 13.0. The van der Waals surface area contributed by atoms with Gasteiger partial charge in [-0.1, -0.05) is 20.8 Å². The lowest BCUT2D eigenvalue weighted by atomic mass is 9.90. The Kier molecular flexibility index (Phi) is 7.06. The fourth-order valence-corrected chi connectivity index (χ4v) is 3.70. The van der Waals surface area contributed by atoms with Crippen LogP contribution in [-0.4, -0.2) is 21.6 Å². The Hall–Kier alpha value is -2.12. The molecule has 0 fully saturated rings. The van der Waals surface area contributed by atoms with Crippen LogP contribution >= 0.6 is 23.1 Å². The number of aromatic nitrogens is 2. The van der Waals surface area contributed by atoms with Crippen LogP contribution in [0.15, 0.2) is 22.7 Å². The van der Waals surface area contributed by atoms with Gasteiger partial charge in [0.1, 0.15) is 11.1 Å². The quantitative estimate of drug-likeness (QED) is 0.503. The van der Waals surface area contributed by atoms with Crippen molar-refractivity contribution in [3.05, 3.63) is 34.5 Å². The summed E-state index contributed by atoms with van der Waals surface area (Å²) < 4.78 is 40.2. The molecule has 1 amide bonds. The SMILES string of the molecule is CC(C)(C)c1cc(C(F)(F)F)c(C#N)c(SCCCC(=O)Nc2nccs2)n1. The number of halogens is 3. The van der Waals surface area contributed by atoms with Crippen LogP contribution in [0.25, 0.3) is 0 Å². The van der Waals surface area contributed by atoms with E-state index in [1.165, 1.54) is 11.3 Å². The zero-order valence-electron chi connectivity index (χ0n) is 15.6.